The summed E-state index contributed by atoms with van der Waals surface area (Å²) in [5.41, 5.74) is 2.60. The third kappa shape index (κ3) is 2.69. The van der Waals surface area contributed by atoms with Crippen molar-refractivity contribution in [1.29, 1.82) is 0 Å². The van der Waals surface area contributed by atoms with Gasteiger partial charge in [0.05, 0.1) is 24.7 Å². The molecule has 4 heteroatoms. The maximum atomic E-state index is 5.61. The van der Waals surface area contributed by atoms with Crippen molar-refractivity contribution in [2.45, 2.75) is 39.8 Å². The Hall–Kier alpha value is -0.870. The van der Waals surface area contributed by atoms with Crippen LogP contribution < -0.4 is 5.32 Å². The summed E-state index contributed by atoms with van der Waals surface area (Å²) >= 11 is 0. The Bertz CT molecular complexity index is 360. The molecule has 1 aromatic rings. The molecule has 17 heavy (non-hydrogen) atoms. The van der Waals surface area contributed by atoms with Crippen LogP contribution in [0.2, 0.25) is 0 Å². The molecule has 0 aliphatic carbocycles. The van der Waals surface area contributed by atoms with Gasteiger partial charge in [0.25, 0.3) is 0 Å². The summed E-state index contributed by atoms with van der Waals surface area (Å²) in [7, 11) is 0. The number of hydrogen-bond donors (Lipinski definition) is 1. The van der Waals surface area contributed by atoms with Crippen LogP contribution in [0.1, 0.15) is 38.2 Å². The van der Waals surface area contributed by atoms with Crippen LogP contribution in [0.15, 0.2) is 6.33 Å². The van der Waals surface area contributed by atoms with Crippen LogP contribution in [0.25, 0.3) is 0 Å². The summed E-state index contributed by atoms with van der Waals surface area (Å²) in [6.07, 6.45) is 3.06. The van der Waals surface area contributed by atoms with Crippen molar-refractivity contribution in [3.63, 3.8) is 0 Å². The van der Waals surface area contributed by atoms with Crippen LogP contribution in [0.4, 0.5) is 0 Å². The summed E-state index contributed by atoms with van der Waals surface area (Å²) in [4.78, 5) is 4.51. The van der Waals surface area contributed by atoms with Crippen molar-refractivity contribution in [3.05, 3.63) is 17.7 Å². The summed E-state index contributed by atoms with van der Waals surface area (Å²) < 4.78 is 7.94. The number of nitrogens with zero attached hydrogens (tertiary/aromatic N) is 2. The molecule has 0 saturated heterocycles. The van der Waals surface area contributed by atoms with Crippen molar-refractivity contribution < 1.29 is 4.74 Å². The van der Waals surface area contributed by atoms with E-state index >= 15 is 0 Å². The molecule has 0 amide bonds. The first kappa shape index (κ1) is 12.6. The van der Waals surface area contributed by atoms with Gasteiger partial charge in [-0.15, -0.1) is 0 Å². The molecule has 2 rings (SSSR count). The maximum Gasteiger partial charge on any atom is 0.0955 e. The highest BCUT2D eigenvalue weighted by Gasteiger charge is 2.22. The predicted molar refractivity (Wildman–Crippen MR) is 68.0 cm³/mol. The second-order valence-corrected chi connectivity index (χ2v) is 4.94. The van der Waals surface area contributed by atoms with Gasteiger partial charge in [-0.1, -0.05) is 13.8 Å². The number of rotatable bonds is 5. The Kier molecular flexibility index (Phi) is 4.18. The van der Waals surface area contributed by atoms with E-state index in [9.17, 15) is 0 Å². The van der Waals surface area contributed by atoms with Crippen molar-refractivity contribution in [2.75, 3.05) is 19.8 Å². The second kappa shape index (κ2) is 5.65. The lowest BCUT2D eigenvalue weighted by atomic mass is 10.0. The molecule has 0 saturated carbocycles. The molecule has 0 radical (unpaired) electrons. The summed E-state index contributed by atoms with van der Waals surface area (Å²) in [6, 6.07) is 0.407. The Labute approximate surface area is 103 Å². The van der Waals surface area contributed by atoms with Gasteiger partial charge in [-0.05, 0) is 12.8 Å². The molecular formula is C13H23N3O. The van der Waals surface area contributed by atoms with E-state index in [-0.39, 0.29) is 0 Å². The Morgan fingerprint density at radius 2 is 2.35 bits per heavy atom. The van der Waals surface area contributed by atoms with E-state index in [4.69, 9.17) is 4.74 Å². The molecule has 1 aliphatic heterocycles. The molecule has 1 N–H and O–H groups in total. The van der Waals surface area contributed by atoms with Crippen LogP contribution in [-0.4, -0.2) is 29.3 Å². The molecule has 1 aromatic heterocycles. The third-order valence-corrected chi connectivity index (χ3v) is 3.43. The standard InChI is InChI=1S/C13H23N3O/c1-4-17-8-13(10(2)3)16-9-15-11-7-14-6-5-12(11)16/h9-10,13-14H,4-8H2,1-3H3. The molecule has 0 spiro atoms. The van der Waals surface area contributed by atoms with Gasteiger partial charge < -0.3 is 14.6 Å². The van der Waals surface area contributed by atoms with Crippen molar-refractivity contribution in [2.24, 2.45) is 5.92 Å². The van der Waals surface area contributed by atoms with Gasteiger partial charge in [0, 0.05) is 31.8 Å². The smallest absolute Gasteiger partial charge is 0.0955 e. The first-order valence-corrected chi connectivity index (χ1v) is 6.57. The van der Waals surface area contributed by atoms with E-state index in [0.29, 0.717) is 12.0 Å². The molecule has 96 valence electrons. The first-order chi connectivity index (χ1) is 8.24. The van der Waals surface area contributed by atoms with E-state index in [0.717, 1.165) is 32.7 Å². The van der Waals surface area contributed by atoms with Gasteiger partial charge >= 0.3 is 0 Å². The van der Waals surface area contributed by atoms with Crippen LogP contribution >= 0.6 is 0 Å². The number of fused-ring (bicyclic) bond motifs is 1. The molecule has 1 unspecified atom stereocenters. The molecule has 0 aromatic carbocycles. The van der Waals surface area contributed by atoms with E-state index in [2.05, 4.69) is 28.7 Å². The fourth-order valence-electron chi connectivity index (χ4n) is 2.38. The van der Waals surface area contributed by atoms with Crippen LogP contribution in [0, 0.1) is 5.92 Å². The number of imidazole rings is 1. The maximum absolute atomic E-state index is 5.61. The minimum atomic E-state index is 0.407. The molecule has 0 fully saturated rings. The van der Waals surface area contributed by atoms with Gasteiger partial charge in [0.2, 0.25) is 0 Å². The fraction of sp³-hybridized carbons (Fsp3) is 0.769. The Morgan fingerprint density at radius 1 is 1.53 bits per heavy atom. The van der Waals surface area contributed by atoms with Gasteiger partial charge in [-0.25, -0.2) is 4.98 Å². The van der Waals surface area contributed by atoms with Crippen LogP contribution in [0.3, 0.4) is 0 Å². The van der Waals surface area contributed by atoms with Crippen molar-refractivity contribution in [1.82, 2.24) is 14.9 Å². The second-order valence-electron chi connectivity index (χ2n) is 4.94. The number of aromatic nitrogens is 2. The minimum absolute atomic E-state index is 0.407. The topological polar surface area (TPSA) is 39.1 Å². The van der Waals surface area contributed by atoms with E-state index < -0.39 is 0 Å². The number of nitrogens with one attached hydrogen (secondary N) is 1. The molecule has 1 atom stereocenters. The third-order valence-electron chi connectivity index (χ3n) is 3.43. The monoisotopic (exact) mass is 237 g/mol. The lowest BCUT2D eigenvalue weighted by Crippen LogP contribution is -2.28. The lowest BCUT2D eigenvalue weighted by Gasteiger charge is -2.26. The normalized spacial score (nSPS) is 17.2. The highest BCUT2D eigenvalue weighted by molar-refractivity contribution is 5.17. The quantitative estimate of drug-likeness (QED) is 0.848. The summed E-state index contributed by atoms with van der Waals surface area (Å²) in [6.45, 7) is 10.1. The average molecular weight is 237 g/mol. The Morgan fingerprint density at radius 3 is 3.06 bits per heavy atom. The van der Waals surface area contributed by atoms with E-state index in [1.807, 2.05) is 13.3 Å². The van der Waals surface area contributed by atoms with E-state index in [1.165, 1.54) is 11.4 Å². The zero-order valence-electron chi connectivity index (χ0n) is 11.1. The van der Waals surface area contributed by atoms with Crippen molar-refractivity contribution in [3.8, 4) is 0 Å². The highest BCUT2D eigenvalue weighted by atomic mass is 16.5. The predicted octanol–water partition coefficient (Wildman–Crippen LogP) is 1.76. The first-order valence-electron chi connectivity index (χ1n) is 6.57. The molecular weight excluding hydrogens is 214 g/mol. The fourth-order valence-corrected chi connectivity index (χ4v) is 2.38. The zero-order chi connectivity index (χ0) is 12.3. The molecule has 0 bridgehead atoms. The largest absolute Gasteiger partial charge is 0.380 e. The Balaban J connectivity index is 2.20. The van der Waals surface area contributed by atoms with E-state index in [1.54, 1.807) is 0 Å². The molecule has 2 heterocycles. The van der Waals surface area contributed by atoms with Gasteiger partial charge in [-0.2, -0.15) is 0 Å². The van der Waals surface area contributed by atoms with Crippen LogP contribution in [0.5, 0.6) is 0 Å². The average Bonchev–Trinajstić information content (AvgIpc) is 2.73. The van der Waals surface area contributed by atoms with Crippen molar-refractivity contribution >= 4 is 0 Å². The zero-order valence-corrected chi connectivity index (χ0v) is 11.1. The number of ether oxygens (including phenoxy) is 1. The van der Waals surface area contributed by atoms with Crippen LogP contribution in [-0.2, 0) is 17.7 Å². The lowest BCUT2D eigenvalue weighted by molar-refractivity contribution is 0.0952. The SMILES string of the molecule is CCOCC(C(C)C)n1cnc2c1CCNC2. The minimum Gasteiger partial charge on any atom is -0.380 e. The van der Waals surface area contributed by atoms with Gasteiger partial charge in [-0.3, -0.25) is 0 Å². The molecule has 4 nitrogen and oxygen atoms in total. The molecule has 1 aliphatic rings. The van der Waals surface area contributed by atoms with Gasteiger partial charge in [0.15, 0.2) is 0 Å². The summed E-state index contributed by atoms with van der Waals surface area (Å²) in [5.74, 6) is 0.565. The number of hydrogen-bond acceptors (Lipinski definition) is 3. The highest BCUT2D eigenvalue weighted by Crippen LogP contribution is 2.23. The summed E-state index contributed by atoms with van der Waals surface area (Å²) in [5, 5.41) is 3.36. The van der Waals surface area contributed by atoms with Gasteiger partial charge in [0.1, 0.15) is 0 Å².